The molecule has 1 aromatic carbocycles. The van der Waals surface area contributed by atoms with Gasteiger partial charge in [0.2, 0.25) is 0 Å². The van der Waals surface area contributed by atoms with Crippen LogP contribution >= 0.6 is 0 Å². The molecule has 2 aliphatic rings. The van der Waals surface area contributed by atoms with E-state index in [0.29, 0.717) is 12.8 Å². The highest BCUT2D eigenvalue weighted by Gasteiger charge is 2.59. The van der Waals surface area contributed by atoms with E-state index in [1.54, 1.807) is 12.1 Å². The van der Waals surface area contributed by atoms with Gasteiger partial charge in [0.1, 0.15) is 11.4 Å². The normalized spacial score (nSPS) is 25.0. The summed E-state index contributed by atoms with van der Waals surface area (Å²) in [5.41, 5.74) is 0.0349. The molecule has 6 nitrogen and oxygen atoms in total. The van der Waals surface area contributed by atoms with Crippen molar-refractivity contribution < 1.29 is 22.7 Å². The lowest BCUT2D eigenvalue weighted by Gasteiger charge is -2.39. The molecule has 0 spiro atoms. The molecule has 0 unspecified atom stereocenters. The van der Waals surface area contributed by atoms with Gasteiger partial charge in [-0.25, -0.2) is 18.7 Å². The minimum absolute atomic E-state index is 0.0496. The number of aromatic nitrogens is 2. The lowest BCUT2D eigenvalue weighted by atomic mass is 9.86. The summed E-state index contributed by atoms with van der Waals surface area (Å²) in [6.07, 6.45) is 4.78. The fourth-order valence-corrected chi connectivity index (χ4v) is 6.60. The Bertz CT molecular complexity index is 1090. The molecule has 0 amide bonds. The van der Waals surface area contributed by atoms with Crippen molar-refractivity contribution in [3.63, 3.8) is 0 Å². The Morgan fingerprint density at radius 1 is 1.23 bits per heavy atom. The van der Waals surface area contributed by atoms with Crippen molar-refractivity contribution in [1.82, 2.24) is 14.9 Å². The monoisotopic (exact) mass is 503 g/mol. The second kappa shape index (κ2) is 9.33. The third-order valence-electron chi connectivity index (χ3n) is 8.02. The number of rotatable bonds is 6. The zero-order valence-corrected chi connectivity index (χ0v) is 22.4. The van der Waals surface area contributed by atoms with Crippen LogP contribution in [0, 0.1) is 11.6 Å². The predicted octanol–water partition coefficient (Wildman–Crippen LogP) is 5.13. The van der Waals surface area contributed by atoms with Gasteiger partial charge in [-0.3, -0.25) is 9.69 Å². The maximum absolute atomic E-state index is 14.7. The van der Waals surface area contributed by atoms with E-state index in [0.717, 1.165) is 37.3 Å². The fourth-order valence-electron chi connectivity index (χ4n) is 5.25. The van der Waals surface area contributed by atoms with Crippen molar-refractivity contribution in [2.45, 2.75) is 82.3 Å². The van der Waals surface area contributed by atoms with E-state index in [2.05, 4.69) is 48.7 Å². The number of fused-ring (bicyclic) bond motifs is 1. The Morgan fingerprint density at radius 3 is 2.54 bits per heavy atom. The molecule has 3 heterocycles. The number of halogens is 2. The largest absolute Gasteiger partial charge is 0.468 e. The molecule has 190 valence electrons. The summed E-state index contributed by atoms with van der Waals surface area (Å²) in [7, 11) is -0.654. The van der Waals surface area contributed by atoms with Crippen LogP contribution in [-0.2, 0) is 20.4 Å². The Kier molecular flexibility index (Phi) is 6.89. The summed E-state index contributed by atoms with van der Waals surface area (Å²) < 4.78 is 40.2. The van der Waals surface area contributed by atoms with Crippen molar-refractivity contribution in [2.24, 2.45) is 0 Å². The average molecular weight is 504 g/mol. The van der Waals surface area contributed by atoms with E-state index < -0.39 is 25.5 Å². The molecule has 2 fully saturated rings. The third kappa shape index (κ3) is 4.78. The number of carbonyl (C=O) groups is 1. The molecular formula is C26H35F2N3O3Si. The summed E-state index contributed by atoms with van der Waals surface area (Å²) in [5.74, 6) is -1.29. The van der Waals surface area contributed by atoms with E-state index in [9.17, 15) is 13.6 Å². The number of esters is 1. The van der Waals surface area contributed by atoms with Gasteiger partial charge in [-0.05, 0) is 55.2 Å². The van der Waals surface area contributed by atoms with E-state index in [4.69, 9.17) is 9.16 Å². The zero-order valence-electron chi connectivity index (χ0n) is 21.4. The third-order valence-corrected chi connectivity index (χ3v) is 12.5. The van der Waals surface area contributed by atoms with Gasteiger partial charge in [-0.2, -0.15) is 0 Å². The molecule has 0 N–H and O–H groups in total. The number of carbonyl (C=O) groups excluding carboxylic acids is 1. The van der Waals surface area contributed by atoms with Gasteiger partial charge in [-0.15, -0.1) is 0 Å². The maximum atomic E-state index is 14.7. The van der Waals surface area contributed by atoms with Crippen LogP contribution in [-0.4, -0.2) is 60.5 Å². The highest BCUT2D eigenvalue weighted by atomic mass is 28.4. The SMILES string of the molecule is COC(=O)[C@]1(Cc2ccc(F)c(-c3ncc(F)cn3)c2)C[C@H](O[Si](C)(C)C(C)(C)C)[C@@H]2CCCN21. The molecule has 0 bridgehead atoms. The fraction of sp³-hybridized carbons (Fsp3) is 0.577. The van der Waals surface area contributed by atoms with Crippen LogP contribution in [0.5, 0.6) is 0 Å². The Balaban J connectivity index is 1.70. The van der Waals surface area contributed by atoms with Gasteiger partial charge in [-0.1, -0.05) is 26.8 Å². The van der Waals surface area contributed by atoms with Crippen LogP contribution < -0.4 is 0 Å². The number of hydrogen-bond donors (Lipinski definition) is 0. The van der Waals surface area contributed by atoms with Crippen LogP contribution in [0.4, 0.5) is 8.78 Å². The van der Waals surface area contributed by atoms with Crippen molar-refractivity contribution in [1.29, 1.82) is 0 Å². The van der Waals surface area contributed by atoms with Crippen molar-refractivity contribution >= 4 is 14.3 Å². The molecule has 35 heavy (non-hydrogen) atoms. The summed E-state index contributed by atoms with van der Waals surface area (Å²) >= 11 is 0. The molecular weight excluding hydrogens is 468 g/mol. The molecule has 4 rings (SSSR count). The summed E-state index contributed by atoms with van der Waals surface area (Å²) in [6, 6.07) is 4.83. The van der Waals surface area contributed by atoms with Crippen LogP contribution in [0.3, 0.4) is 0 Å². The summed E-state index contributed by atoms with van der Waals surface area (Å²) in [4.78, 5) is 23.5. The molecule has 3 atom stereocenters. The van der Waals surface area contributed by atoms with Crippen molar-refractivity contribution in [3.05, 3.63) is 47.8 Å². The molecule has 1 aromatic heterocycles. The van der Waals surface area contributed by atoms with E-state index in [1.165, 1.54) is 13.2 Å². The second-order valence-electron chi connectivity index (χ2n) is 11.3. The van der Waals surface area contributed by atoms with E-state index in [1.807, 2.05) is 0 Å². The first-order valence-corrected chi connectivity index (χ1v) is 15.1. The smallest absolute Gasteiger partial charge is 0.326 e. The highest BCUT2D eigenvalue weighted by Crippen LogP contribution is 2.47. The quantitative estimate of drug-likeness (QED) is 0.402. The topological polar surface area (TPSA) is 64.5 Å². The number of ether oxygens (including phenoxy) is 1. The van der Waals surface area contributed by atoms with Gasteiger partial charge < -0.3 is 9.16 Å². The molecule has 2 aromatic rings. The molecule has 2 saturated heterocycles. The number of hydrogen-bond acceptors (Lipinski definition) is 6. The number of nitrogens with zero attached hydrogens (tertiary/aromatic N) is 3. The number of methoxy groups -OCH3 is 1. The lowest BCUT2D eigenvalue weighted by molar-refractivity contribution is -0.153. The second-order valence-corrected chi connectivity index (χ2v) is 16.0. The van der Waals surface area contributed by atoms with E-state index in [-0.39, 0.29) is 34.5 Å². The van der Waals surface area contributed by atoms with Gasteiger partial charge in [0.05, 0.1) is 31.2 Å². The Morgan fingerprint density at radius 2 is 1.91 bits per heavy atom. The first-order valence-electron chi connectivity index (χ1n) is 12.2. The van der Waals surface area contributed by atoms with Gasteiger partial charge >= 0.3 is 5.97 Å². The summed E-state index contributed by atoms with van der Waals surface area (Å²) in [6.45, 7) is 11.9. The molecule has 0 aliphatic carbocycles. The standard InChI is InChI=1S/C26H35F2N3O3Si/c1-25(2,3)35(5,6)34-22-14-26(24(32)33-4,31-11-7-8-21(22)31)13-17-9-10-20(28)19(12-17)23-29-15-18(27)16-30-23/h9-10,12,15-16,21-22H,7-8,11,13-14H2,1-6H3/t21-,22-,26-/m0/s1. The van der Waals surface area contributed by atoms with E-state index >= 15 is 0 Å². The minimum atomic E-state index is -2.07. The van der Waals surface area contributed by atoms with Crippen molar-refractivity contribution in [2.75, 3.05) is 13.7 Å². The predicted molar refractivity (Wildman–Crippen MR) is 132 cm³/mol. The molecule has 0 radical (unpaired) electrons. The lowest BCUT2D eigenvalue weighted by Crippen LogP contribution is -2.53. The van der Waals surface area contributed by atoms with Gasteiger partial charge in [0.25, 0.3) is 0 Å². The maximum Gasteiger partial charge on any atom is 0.326 e. The Labute approximate surface area is 207 Å². The first kappa shape index (κ1) is 25.8. The molecule has 0 saturated carbocycles. The highest BCUT2D eigenvalue weighted by molar-refractivity contribution is 6.74. The first-order chi connectivity index (χ1) is 16.4. The van der Waals surface area contributed by atoms with Crippen LogP contribution in [0.25, 0.3) is 11.4 Å². The van der Waals surface area contributed by atoms with Crippen LogP contribution in [0.2, 0.25) is 18.1 Å². The van der Waals surface area contributed by atoms with Crippen molar-refractivity contribution in [3.8, 4) is 11.4 Å². The van der Waals surface area contributed by atoms with Crippen LogP contribution in [0.1, 0.15) is 45.6 Å². The van der Waals surface area contributed by atoms with Gasteiger partial charge in [0.15, 0.2) is 20.0 Å². The molecule has 9 heteroatoms. The van der Waals surface area contributed by atoms with Gasteiger partial charge in [0, 0.05) is 18.9 Å². The summed E-state index contributed by atoms with van der Waals surface area (Å²) in [5, 5.41) is 0.0496. The average Bonchev–Trinajstić information content (AvgIpc) is 3.38. The minimum Gasteiger partial charge on any atom is -0.468 e. The zero-order chi connectivity index (χ0) is 25.6. The molecule has 2 aliphatic heterocycles. The van der Waals surface area contributed by atoms with Crippen LogP contribution in [0.15, 0.2) is 30.6 Å². The Hall–Kier alpha value is -2.23. The number of benzene rings is 1.